The Bertz CT molecular complexity index is 703. The summed E-state index contributed by atoms with van der Waals surface area (Å²) in [7, 11) is 0. The van der Waals surface area contributed by atoms with Crippen LogP contribution >= 0.6 is 0 Å². The van der Waals surface area contributed by atoms with Gasteiger partial charge in [-0.3, -0.25) is 4.90 Å². The predicted octanol–water partition coefficient (Wildman–Crippen LogP) is 4.32. The number of aliphatic hydroxyl groups is 1. The van der Waals surface area contributed by atoms with Crippen LogP contribution in [0.4, 0.5) is 4.39 Å². The third-order valence-corrected chi connectivity index (χ3v) is 5.93. The van der Waals surface area contributed by atoms with E-state index < -0.39 is 5.60 Å². The Balaban J connectivity index is 1.51. The first-order valence-electron chi connectivity index (χ1n) is 9.38. The lowest BCUT2D eigenvalue weighted by atomic mass is 9.73. The molecular formula is C22H26FNO. The van der Waals surface area contributed by atoms with Gasteiger partial charge in [-0.25, -0.2) is 4.39 Å². The summed E-state index contributed by atoms with van der Waals surface area (Å²) in [5.74, 6) is -0.201. The summed E-state index contributed by atoms with van der Waals surface area (Å²) in [5, 5.41) is 11.2. The molecule has 0 amide bonds. The van der Waals surface area contributed by atoms with Crippen LogP contribution < -0.4 is 0 Å². The third-order valence-electron chi connectivity index (χ3n) is 5.93. The minimum Gasteiger partial charge on any atom is -0.389 e. The molecule has 2 unspecified atom stereocenters. The SMILES string of the molecule is OC1(Cc2ccccc2F)CC2CCCC(C1)N2Cc1ccccc1. The van der Waals surface area contributed by atoms with Gasteiger partial charge in [0.05, 0.1) is 5.60 Å². The summed E-state index contributed by atoms with van der Waals surface area (Å²) in [4.78, 5) is 2.58. The number of benzene rings is 2. The molecule has 0 aliphatic carbocycles. The van der Waals surface area contributed by atoms with Crippen molar-refractivity contribution in [3.8, 4) is 0 Å². The molecule has 2 heterocycles. The van der Waals surface area contributed by atoms with E-state index in [0.717, 1.165) is 32.2 Å². The van der Waals surface area contributed by atoms with E-state index in [2.05, 4.69) is 29.2 Å². The van der Waals surface area contributed by atoms with Gasteiger partial charge in [-0.15, -0.1) is 0 Å². The Morgan fingerprint density at radius 3 is 2.28 bits per heavy atom. The van der Waals surface area contributed by atoms with Crippen molar-refractivity contribution >= 4 is 0 Å². The molecule has 2 aliphatic rings. The van der Waals surface area contributed by atoms with Gasteiger partial charge in [0.1, 0.15) is 5.82 Å². The van der Waals surface area contributed by atoms with E-state index in [-0.39, 0.29) is 5.82 Å². The highest BCUT2D eigenvalue weighted by molar-refractivity contribution is 5.21. The van der Waals surface area contributed by atoms with Crippen molar-refractivity contribution in [1.29, 1.82) is 0 Å². The number of halogens is 1. The zero-order valence-electron chi connectivity index (χ0n) is 14.6. The van der Waals surface area contributed by atoms with Crippen LogP contribution in [0.15, 0.2) is 54.6 Å². The molecule has 132 valence electrons. The molecule has 2 bridgehead atoms. The Morgan fingerprint density at radius 2 is 1.60 bits per heavy atom. The maximum atomic E-state index is 14.0. The number of nitrogens with zero attached hydrogens (tertiary/aromatic N) is 1. The van der Waals surface area contributed by atoms with E-state index in [4.69, 9.17) is 0 Å². The van der Waals surface area contributed by atoms with Gasteiger partial charge in [-0.1, -0.05) is 55.0 Å². The summed E-state index contributed by atoms with van der Waals surface area (Å²) in [6, 6.07) is 18.2. The minimum atomic E-state index is -0.787. The largest absolute Gasteiger partial charge is 0.389 e. The first-order chi connectivity index (χ1) is 12.1. The molecule has 4 rings (SSSR count). The van der Waals surface area contributed by atoms with Gasteiger partial charge in [0.25, 0.3) is 0 Å². The van der Waals surface area contributed by atoms with Crippen LogP contribution in [0.2, 0.25) is 0 Å². The van der Waals surface area contributed by atoms with Crippen LogP contribution in [0, 0.1) is 5.82 Å². The van der Waals surface area contributed by atoms with Crippen LogP contribution in [-0.4, -0.2) is 27.7 Å². The lowest BCUT2D eigenvalue weighted by molar-refractivity contribution is -0.0949. The first kappa shape index (κ1) is 16.7. The molecule has 2 aromatic carbocycles. The summed E-state index contributed by atoms with van der Waals surface area (Å²) in [6.45, 7) is 0.950. The maximum absolute atomic E-state index is 14.0. The predicted molar refractivity (Wildman–Crippen MR) is 97.7 cm³/mol. The van der Waals surface area contributed by atoms with E-state index in [1.165, 1.54) is 18.1 Å². The second kappa shape index (κ2) is 6.89. The van der Waals surface area contributed by atoms with Gasteiger partial charge in [0.2, 0.25) is 0 Å². The molecule has 2 fully saturated rings. The van der Waals surface area contributed by atoms with E-state index in [9.17, 15) is 9.50 Å². The molecule has 2 aliphatic heterocycles. The molecule has 0 spiro atoms. The van der Waals surface area contributed by atoms with Crippen molar-refractivity contribution in [2.75, 3.05) is 0 Å². The highest BCUT2D eigenvalue weighted by Crippen LogP contribution is 2.41. The van der Waals surface area contributed by atoms with Crippen molar-refractivity contribution in [2.45, 2.75) is 62.8 Å². The fourth-order valence-corrected chi connectivity index (χ4v) is 4.81. The third kappa shape index (κ3) is 3.63. The first-order valence-corrected chi connectivity index (χ1v) is 9.38. The molecule has 0 saturated carbocycles. The van der Waals surface area contributed by atoms with E-state index in [1.807, 2.05) is 12.1 Å². The summed E-state index contributed by atoms with van der Waals surface area (Å²) in [6.07, 6.45) is 5.39. The van der Waals surface area contributed by atoms with Crippen molar-refractivity contribution in [3.05, 3.63) is 71.5 Å². The Morgan fingerprint density at radius 1 is 0.960 bits per heavy atom. The molecule has 2 atom stereocenters. The zero-order chi connectivity index (χ0) is 17.3. The van der Waals surface area contributed by atoms with Crippen LogP contribution in [0.3, 0.4) is 0 Å². The van der Waals surface area contributed by atoms with Gasteiger partial charge in [0, 0.05) is 25.0 Å². The van der Waals surface area contributed by atoms with Crippen LogP contribution in [-0.2, 0) is 13.0 Å². The van der Waals surface area contributed by atoms with Gasteiger partial charge in [-0.05, 0) is 42.9 Å². The molecule has 2 saturated heterocycles. The Kier molecular flexibility index (Phi) is 4.61. The smallest absolute Gasteiger partial charge is 0.126 e. The number of hydrogen-bond acceptors (Lipinski definition) is 2. The average molecular weight is 339 g/mol. The highest BCUT2D eigenvalue weighted by atomic mass is 19.1. The molecule has 0 aromatic heterocycles. The minimum absolute atomic E-state index is 0.201. The molecular weight excluding hydrogens is 313 g/mol. The fourth-order valence-electron chi connectivity index (χ4n) is 4.81. The van der Waals surface area contributed by atoms with Gasteiger partial charge in [0.15, 0.2) is 0 Å². The van der Waals surface area contributed by atoms with E-state index in [0.29, 0.717) is 24.1 Å². The summed E-state index contributed by atoms with van der Waals surface area (Å²) >= 11 is 0. The lowest BCUT2D eigenvalue weighted by Gasteiger charge is -2.52. The Labute approximate surface area is 149 Å². The van der Waals surface area contributed by atoms with Crippen LogP contribution in [0.1, 0.15) is 43.2 Å². The number of fused-ring (bicyclic) bond motifs is 2. The molecule has 3 heteroatoms. The molecule has 25 heavy (non-hydrogen) atoms. The quantitative estimate of drug-likeness (QED) is 0.897. The number of rotatable bonds is 4. The van der Waals surface area contributed by atoms with Gasteiger partial charge >= 0.3 is 0 Å². The summed E-state index contributed by atoms with van der Waals surface area (Å²) < 4.78 is 14.0. The van der Waals surface area contributed by atoms with E-state index >= 15 is 0 Å². The Hall–Kier alpha value is -1.71. The molecule has 2 aromatic rings. The standard InChI is InChI=1S/C22H26FNO/c23-21-12-5-4-9-18(21)13-22(25)14-19-10-6-11-20(15-22)24(19)16-17-7-2-1-3-8-17/h1-5,7-9,12,19-20,25H,6,10-11,13-16H2. The summed E-state index contributed by atoms with van der Waals surface area (Å²) in [5.41, 5.74) is 1.18. The van der Waals surface area contributed by atoms with Gasteiger partial charge in [-0.2, -0.15) is 0 Å². The van der Waals surface area contributed by atoms with Gasteiger partial charge < -0.3 is 5.11 Å². The molecule has 0 radical (unpaired) electrons. The second-order valence-corrected chi connectivity index (χ2v) is 7.80. The van der Waals surface area contributed by atoms with Crippen molar-refractivity contribution in [3.63, 3.8) is 0 Å². The zero-order valence-corrected chi connectivity index (χ0v) is 14.6. The van der Waals surface area contributed by atoms with Crippen molar-refractivity contribution in [1.82, 2.24) is 4.90 Å². The fraction of sp³-hybridized carbons (Fsp3) is 0.455. The number of hydrogen-bond donors (Lipinski definition) is 1. The molecule has 2 nitrogen and oxygen atoms in total. The normalized spacial score (nSPS) is 29.5. The topological polar surface area (TPSA) is 23.5 Å². The molecule has 1 N–H and O–H groups in total. The van der Waals surface area contributed by atoms with Crippen LogP contribution in [0.5, 0.6) is 0 Å². The van der Waals surface area contributed by atoms with Crippen LogP contribution in [0.25, 0.3) is 0 Å². The monoisotopic (exact) mass is 339 g/mol. The van der Waals surface area contributed by atoms with E-state index in [1.54, 1.807) is 12.1 Å². The van der Waals surface area contributed by atoms with Crippen molar-refractivity contribution in [2.24, 2.45) is 0 Å². The second-order valence-electron chi connectivity index (χ2n) is 7.80. The number of piperidine rings is 2. The average Bonchev–Trinajstić information content (AvgIpc) is 2.59. The highest BCUT2D eigenvalue weighted by Gasteiger charge is 2.45. The lowest BCUT2D eigenvalue weighted by Crippen LogP contribution is -2.58. The van der Waals surface area contributed by atoms with Crippen molar-refractivity contribution < 1.29 is 9.50 Å². The maximum Gasteiger partial charge on any atom is 0.126 e.